The van der Waals surface area contributed by atoms with Gasteiger partial charge >= 0.3 is 0 Å². The number of halogens is 1. The van der Waals surface area contributed by atoms with Gasteiger partial charge in [-0.1, -0.05) is 49.3 Å². The van der Waals surface area contributed by atoms with Crippen molar-refractivity contribution >= 4 is 8.32 Å². The monoisotopic (exact) mass is 393 g/mol. The van der Waals surface area contributed by atoms with E-state index in [1.54, 1.807) is 0 Å². The molecule has 1 aliphatic rings. The molecule has 7 heteroatoms. The summed E-state index contributed by atoms with van der Waals surface area (Å²) >= 11 is 0. The summed E-state index contributed by atoms with van der Waals surface area (Å²) in [5.41, 5.74) is 9.69. The van der Waals surface area contributed by atoms with E-state index >= 15 is 0 Å². The van der Waals surface area contributed by atoms with Crippen LogP contribution >= 0.6 is 0 Å². The first kappa shape index (κ1) is 21.9. The highest BCUT2D eigenvalue weighted by Gasteiger charge is 2.40. The minimum absolute atomic E-state index is 0.0992. The number of rotatable bonds is 8. The van der Waals surface area contributed by atoms with Crippen LogP contribution in [-0.2, 0) is 4.74 Å². The van der Waals surface area contributed by atoms with E-state index in [1.807, 2.05) is 31.3 Å². The summed E-state index contributed by atoms with van der Waals surface area (Å²) < 4.78 is 20.5. The van der Waals surface area contributed by atoms with Crippen LogP contribution in [-0.4, -0.2) is 38.0 Å². The second-order valence-corrected chi connectivity index (χ2v) is 13.3. The number of benzene rings is 1. The molecule has 0 bridgehead atoms. The lowest BCUT2D eigenvalue weighted by Crippen LogP contribution is -2.41. The van der Waals surface area contributed by atoms with Crippen molar-refractivity contribution < 1.29 is 13.9 Å². The zero-order chi connectivity index (χ0) is 20.1. The van der Waals surface area contributed by atoms with E-state index in [1.165, 1.54) is 0 Å². The third-order valence-electron chi connectivity index (χ3n) is 6.10. The van der Waals surface area contributed by atoms with Crippen molar-refractivity contribution in [2.45, 2.75) is 81.9 Å². The first-order chi connectivity index (χ1) is 12.6. The van der Waals surface area contributed by atoms with Crippen LogP contribution < -0.4 is 0 Å². The predicted octanol–water partition coefficient (Wildman–Crippen LogP) is 5.72. The number of hydrogen-bond donors (Lipinski definition) is 1. The Morgan fingerprint density at radius 1 is 1.33 bits per heavy atom. The Morgan fingerprint density at radius 3 is 2.56 bits per heavy atom. The van der Waals surface area contributed by atoms with Gasteiger partial charge in [-0.15, -0.1) is 0 Å². The lowest BCUT2D eigenvalue weighted by atomic mass is 9.89. The quantitative estimate of drug-likeness (QED) is 0.265. The van der Waals surface area contributed by atoms with Gasteiger partial charge in [0.1, 0.15) is 6.17 Å². The van der Waals surface area contributed by atoms with Crippen LogP contribution in [0.4, 0.5) is 4.39 Å². The SMILES string of the molecule is CC(C)(CC(CO[C@H]1CC[C@H](N=[N+]=[N-])C[C@@H]1F)c1ccccc1)[Si](C)(C)O. The summed E-state index contributed by atoms with van der Waals surface area (Å²) in [6.07, 6.45) is 0.680. The lowest BCUT2D eigenvalue weighted by molar-refractivity contribution is -0.0349. The summed E-state index contributed by atoms with van der Waals surface area (Å²) in [7, 11) is -2.36. The van der Waals surface area contributed by atoms with Gasteiger partial charge in [-0.2, -0.15) is 0 Å². The Balaban J connectivity index is 2.06. The number of azide groups is 1. The average Bonchev–Trinajstić information content (AvgIpc) is 2.60. The molecule has 27 heavy (non-hydrogen) atoms. The first-order valence-electron chi connectivity index (χ1n) is 9.71. The fourth-order valence-corrected chi connectivity index (χ4v) is 4.28. The molecule has 1 fully saturated rings. The molecule has 2 rings (SSSR count). The fraction of sp³-hybridized carbons (Fsp3) is 0.700. The Hall–Kier alpha value is -1.40. The number of hydrogen-bond acceptors (Lipinski definition) is 3. The molecule has 1 N–H and O–H groups in total. The summed E-state index contributed by atoms with van der Waals surface area (Å²) in [5, 5.41) is 3.46. The molecule has 1 unspecified atom stereocenters. The number of nitrogens with zero attached hydrogens (tertiary/aromatic N) is 3. The van der Waals surface area contributed by atoms with Crippen molar-refractivity contribution in [3.8, 4) is 0 Å². The molecule has 150 valence electrons. The van der Waals surface area contributed by atoms with Crippen molar-refractivity contribution in [3.05, 3.63) is 46.3 Å². The first-order valence-corrected chi connectivity index (χ1v) is 12.7. The topological polar surface area (TPSA) is 78.2 Å². The van der Waals surface area contributed by atoms with E-state index in [9.17, 15) is 9.19 Å². The Bertz CT molecular complexity index is 644. The van der Waals surface area contributed by atoms with Crippen molar-refractivity contribution in [3.63, 3.8) is 0 Å². The van der Waals surface area contributed by atoms with E-state index in [2.05, 4.69) is 36.0 Å². The van der Waals surface area contributed by atoms with Crippen molar-refractivity contribution in [2.24, 2.45) is 5.11 Å². The minimum atomic E-state index is -2.36. The van der Waals surface area contributed by atoms with Gasteiger partial charge in [0.15, 0.2) is 8.32 Å². The predicted molar refractivity (Wildman–Crippen MR) is 109 cm³/mol. The zero-order valence-corrected chi connectivity index (χ0v) is 17.8. The highest BCUT2D eigenvalue weighted by molar-refractivity contribution is 6.72. The van der Waals surface area contributed by atoms with E-state index in [0.717, 1.165) is 12.0 Å². The maximum absolute atomic E-state index is 14.5. The summed E-state index contributed by atoms with van der Waals surface area (Å²) in [6.45, 7) is 8.57. The molecule has 0 saturated heterocycles. The van der Waals surface area contributed by atoms with Crippen molar-refractivity contribution in [1.82, 2.24) is 0 Å². The van der Waals surface area contributed by atoms with E-state index in [4.69, 9.17) is 10.3 Å². The van der Waals surface area contributed by atoms with Gasteiger partial charge in [-0.25, -0.2) is 4.39 Å². The normalized spacial score (nSPS) is 24.9. The van der Waals surface area contributed by atoms with Gasteiger partial charge < -0.3 is 9.53 Å². The van der Waals surface area contributed by atoms with Gasteiger partial charge in [0.25, 0.3) is 0 Å². The highest BCUT2D eigenvalue weighted by Crippen LogP contribution is 2.44. The molecule has 1 aliphatic carbocycles. The molecule has 1 saturated carbocycles. The van der Waals surface area contributed by atoms with Crippen molar-refractivity contribution in [2.75, 3.05) is 6.61 Å². The summed E-state index contributed by atoms with van der Waals surface area (Å²) in [4.78, 5) is 13.5. The van der Waals surface area contributed by atoms with Crippen LogP contribution in [0.25, 0.3) is 10.4 Å². The van der Waals surface area contributed by atoms with E-state index < -0.39 is 20.6 Å². The van der Waals surface area contributed by atoms with Crippen LogP contribution in [0.1, 0.15) is 51.0 Å². The van der Waals surface area contributed by atoms with Gasteiger partial charge in [0.2, 0.25) is 0 Å². The molecular formula is C20H32FN3O2Si. The molecule has 0 heterocycles. The second-order valence-electron chi connectivity index (χ2n) is 8.81. The van der Waals surface area contributed by atoms with Crippen LogP contribution in [0.2, 0.25) is 18.1 Å². The molecule has 5 nitrogen and oxygen atoms in total. The van der Waals surface area contributed by atoms with E-state index in [0.29, 0.717) is 19.4 Å². The van der Waals surface area contributed by atoms with Crippen LogP contribution in [0.3, 0.4) is 0 Å². The summed E-state index contributed by atoms with van der Waals surface area (Å²) in [5.74, 6) is 0.0992. The van der Waals surface area contributed by atoms with Crippen LogP contribution in [0, 0.1) is 0 Å². The second kappa shape index (κ2) is 9.19. The summed E-state index contributed by atoms with van der Waals surface area (Å²) in [6, 6.07) is 9.85. The van der Waals surface area contributed by atoms with Crippen molar-refractivity contribution in [1.29, 1.82) is 0 Å². The lowest BCUT2D eigenvalue weighted by Gasteiger charge is -2.38. The maximum atomic E-state index is 14.5. The molecule has 0 amide bonds. The standard InChI is InChI=1S/C20H32FN3O2Si/c1-20(2,27(3,4)25)13-16(15-8-6-5-7-9-15)14-26-19-11-10-17(23-24-22)12-18(19)21/h5-9,16-19,25H,10-14H2,1-4H3/t16?,17-,18-,19-/m0/s1. The van der Waals surface area contributed by atoms with E-state index in [-0.39, 0.29) is 23.4 Å². The molecular weight excluding hydrogens is 361 g/mol. The molecule has 0 aromatic heterocycles. The van der Waals surface area contributed by atoms with Gasteiger partial charge in [-0.3, -0.25) is 0 Å². The third kappa shape index (κ3) is 6.04. The molecule has 0 radical (unpaired) electrons. The average molecular weight is 394 g/mol. The van der Waals surface area contributed by atoms with Gasteiger partial charge in [0, 0.05) is 16.9 Å². The molecule has 4 atom stereocenters. The van der Waals surface area contributed by atoms with Gasteiger partial charge in [-0.05, 0) is 54.9 Å². The van der Waals surface area contributed by atoms with Crippen LogP contribution in [0.5, 0.6) is 0 Å². The van der Waals surface area contributed by atoms with Gasteiger partial charge in [0.05, 0.1) is 12.7 Å². The molecule has 1 aromatic rings. The molecule has 0 spiro atoms. The Labute approximate surface area is 162 Å². The number of alkyl halides is 1. The zero-order valence-electron chi connectivity index (χ0n) is 16.8. The third-order valence-corrected chi connectivity index (χ3v) is 9.61. The minimum Gasteiger partial charge on any atom is -0.432 e. The Kier molecular flexibility index (Phi) is 7.45. The van der Waals surface area contributed by atoms with Crippen LogP contribution in [0.15, 0.2) is 35.4 Å². The molecule has 0 aliphatic heterocycles. The Morgan fingerprint density at radius 2 is 2.00 bits per heavy atom. The smallest absolute Gasteiger partial charge is 0.188 e. The highest BCUT2D eigenvalue weighted by atomic mass is 28.4. The largest absolute Gasteiger partial charge is 0.432 e. The fourth-order valence-electron chi connectivity index (χ4n) is 3.54. The molecule has 1 aromatic carbocycles. The maximum Gasteiger partial charge on any atom is 0.188 e. The number of ether oxygens (including phenoxy) is 1.